The molecule has 0 fully saturated rings. The van der Waals surface area contributed by atoms with Crippen LogP contribution in [0.15, 0.2) is 47.3 Å². The van der Waals surface area contributed by atoms with Crippen LogP contribution < -0.4 is 5.32 Å². The minimum absolute atomic E-state index is 0.792. The molecular weight excluding hydrogens is 304 g/mol. The molecule has 3 aromatic rings. The number of hydrogen-bond donors (Lipinski definition) is 1. The molecule has 4 nitrogen and oxygen atoms in total. The Morgan fingerprint density at radius 3 is 2.95 bits per heavy atom. The minimum atomic E-state index is 0.792. The Kier molecular flexibility index (Phi) is 3.13. The highest BCUT2D eigenvalue weighted by Gasteiger charge is 2.05. The number of fused-ring (bicyclic) bond motifs is 1. The lowest BCUT2D eigenvalue weighted by atomic mass is 10.1. The van der Waals surface area contributed by atoms with Gasteiger partial charge < -0.3 is 5.32 Å². The molecule has 0 saturated heterocycles. The fourth-order valence-corrected chi connectivity index (χ4v) is 2.32. The molecule has 0 unspecified atom stereocenters. The molecule has 0 amide bonds. The maximum absolute atomic E-state index is 4.19. The second-order valence-corrected chi connectivity index (χ2v) is 5.03. The van der Waals surface area contributed by atoms with E-state index in [2.05, 4.69) is 36.4 Å². The van der Waals surface area contributed by atoms with Crippen LogP contribution in [0.5, 0.6) is 0 Å². The lowest BCUT2D eigenvalue weighted by Gasteiger charge is -2.09. The van der Waals surface area contributed by atoms with Crippen LogP contribution in [0.1, 0.15) is 5.56 Å². The van der Waals surface area contributed by atoms with Crippen LogP contribution in [0, 0.1) is 6.92 Å². The van der Waals surface area contributed by atoms with Gasteiger partial charge in [-0.15, -0.1) is 0 Å². The van der Waals surface area contributed by atoms with E-state index in [1.165, 1.54) is 0 Å². The fraction of sp³-hybridized carbons (Fsp3) is 0.0714. The standard InChI is InChI=1S/C14H11BrN4/c1-9-3-2-4-11-12(8-17-19-14(9)11)18-10-5-6-16-13(15)7-10/h2-8H,1H3,(H,16,18,19). The molecule has 0 aliphatic heterocycles. The van der Waals surface area contributed by atoms with Gasteiger partial charge in [-0.2, -0.15) is 10.2 Å². The van der Waals surface area contributed by atoms with Gasteiger partial charge in [0.1, 0.15) is 4.60 Å². The third kappa shape index (κ3) is 2.42. The van der Waals surface area contributed by atoms with Crippen LogP contribution in [0.25, 0.3) is 10.9 Å². The number of nitrogens with one attached hydrogen (secondary N) is 1. The predicted octanol–water partition coefficient (Wildman–Crippen LogP) is 3.84. The van der Waals surface area contributed by atoms with Crippen LogP contribution in [0.4, 0.5) is 11.4 Å². The van der Waals surface area contributed by atoms with Gasteiger partial charge in [-0.1, -0.05) is 18.2 Å². The van der Waals surface area contributed by atoms with Crippen LogP contribution in [-0.2, 0) is 0 Å². The van der Waals surface area contributed by atoms with Gasteiger partial charge in [0.25, 0.3) is 0 Å². The highest BCUT2D eigenvalue weighted by Crippen LogP contribution is 2.26. The molecular formula is C14H11BrN4. The van der Waals surface area contributed by atoms with E-state index in [-0.39, 0.29) is 0 Å². The predicted molar refractivity (Wildman–Crippen MR) is 79.5 cm³/mol. The summed E-state index contributed by atoms with van der Waals surface area (Å²) >= 11 is 3.36. The van der Waals surface area contributed by atoms with E-state index in [1.54, 1.807) is 12.4 Å². The lowest BCUT2D eigenvalue weighted by Crippen LogP contribution is -1.96. The Hall–Kier alpha value is -2.01. The van der Waals surface area contributed by atoms with Crippen molar-refractivity contribution in [2.45, 2.75) is 6.92 Å². The molecule has 19 heavy (non-hydrogen) atoms. The van der Waals surface area contributed by atoms with Gasteiger partial charge in [0.15, 0.2) is 0 Å². The molecule has 3 rings (SSSR count). The molecule has 2 heterocycles. The Bertz CT molecular complexity index is 742. The van der Waals surface area contributed by atoms with Gasteiger partial charge in [-0.25, -0.2) is 4.98 Å². The van der Waals surface area contributed by atoms with E-state index in [0.717, 1.165) is 32.4 Å². The van der Waals surface area contributed by atoms with Crippen LogP contribution in [0.2, 0.25) is 0 Å². The zero-order valence-electron chi connectivity index (χ0n) is 10.3. The Morgan fingerprint density at radius 2 is 2.11 bits per heavy atom. The van der Waals surface area contributed by atoms with Crippen molar-refractivity contribution in [3.63, 3.8) is 0 Å². The number of aromatic nitrogens is 3. The first-order chi connectivity index (χ1) is 9.24. The second-order valence-electron chi connectivity index (χ2n) is 4.22. The first kappa shape index (κ1) is 12.0. The van der Waals surface area contributed by atoms with Crippen LogP contribution >= 0.6 is 15.9 Å². The molecule has 0 saturated carbocycles. The first-order valence-electron chi connectivity index (χ1n) is 5.83. The van der Waals surface area contributed by atoms with Crippen molar-refractivity contribution in [3.05, 3.63) is 52.9 Å². The largest absolute Gasteiger partial charge is 0.354 e. The summed E-state index contributed by atoms with van der Waals surface area (Å²) in [6.07, 6.45) is 3.48. The second kappa shape index (κ2) is 4.93. The van der Waals surface area contributed by atoms with Crippen LogP contribution in [-0.4, -0.2) is 15.2 Å². The Labute approximate surface area is 119 Å². The lowest BCUT2D eigenvalue weighted by molar-refractivity contribution is 1.07. The maximum atomic E-state index is 4.19. The summed E-state index contributed by atoms with van der Waals surface area (Å²) in [5.74, 6) is 0. The van der Waals surface area contributed by atoms with E-state index < -0.39 is 0 Å². The molecule has 94 valence electrons. The van der Waals surface area contributed by atoms with Crippen molar-refractivity contribution in [2.24, 2.45) is 0 Å². The molecule has 0 bridgehead atoms. The number of hydrogen-bond acceptors (Lipinski definition) is 4. The summed E-state index contributed by atoms with van der Waals surface area (Å²) in [4.78, 5) is 4.11. The van der Waals surface area contributed by atoms with Crippen molar-refractivity contribution in [2.75, 3.05) is 5.32 Å². The smallest absolute Gasteiger partial charge is 0.108 e. The van der Waals surface area contributed by atoms with Gasteiger partial charge in [-0.3, -0.25) is 0 Å². The molecule has 5 heteroatoms. The average molecular weight is 315 g/mol. The van der Waals surface area contributed by atoms with Gasteiger partial charge in [0.2, 0.25) is 0 Å². The zero-order chi connectivity index (χ0) is 13.2. The number of anilines is 2. The van der Waals surface area contributed by atoms with E-state index in [4.69, 9.17) is 0 Å². The zero-order valence-corrected chi connectivity index (χ0v) is 11.8. The summed E-state index contributed by atoms with van der Waals surface area (Å²) in [5.41, 5.74) is 3.93. The molecule has 2 aromatic heterocycles. The minimum Gasteiger partial charge on any atom is -0.354 e. The first-order valence-corrected chi connectivity index (χ1v) is 6.63. The topological polar surface area (TPSA) is 50.7 Å². The van der Waals surface area contributed by atoms with E-state index in [0.29, 0.717) is 0 Å². The van der Waals surface area contributed by atoms with Gasteiger partial charge in [0.05, 0.1) is 17.4 Å². The van der Waals surface area contributed by atoms with Gasteiger partial charge >= 0.3 is 0 Å². The van der Waals surface area contributed by atoms with Crippen LogP contribution in [0.3, 0.4) is 0 Å². The highest BCUT2D eigenvalue weighted by atomic mass is 79.9. The quantitative estimate of drug-likeness (QED) is 0.730. The number of halogens is 1. The molecule has 0 atom stereocenters. The van der Waals surface area contributed by atoms with E-state index >= 15 is 0 Å². The summed E-state index contributed by atoms with van der Waals surface area (Å²) in [7, 11) is 0. The number of rotatable bonds is 2. The SMILES string of the molecule is Cc1cccc2c(Nc3ccnc(Br)c3)cnnc12. The highest BCUT2D eigenvalue weighted by molar-refractivity contribution is 9.10. The van der Waals surface area contributed by atoms with Crippen molar-refractivity contribution >= 4 is 38.2 Å². The van der Waals surface area contributed by atoms with Crippen molar-refractivity contribution < 1.29 is 0 Å². The average Bonchev–Trinajstić information content (AvgIpc) is 2.40. The molecule has 1 aromatic carbocycles. The number of nitrogens with zero attached hydrogens (tertiary/aromatic N) is 3. The summed E-state index contributed by atoms with van der Waals surface area (Å²) in [6, 6.07) is 9.92. The van der Waals surface area contributed by atoms with Crippen molar-refractivity contribution in [3.8, 4) is 0 Å². The maximum Gasteiger partial charge on any atom is 0.108 e. The van der Waals surface area contributed by atoms with Gasteiger partial charge in [-0.05, 0) is 40.5 Å². The monoisotopic (exact) mass is 314 g/mol. The third-order valence-electron chi connectivity index (χ3n) is 2.88. The Morgan fingerprint density at radius 1 is 1.21 bits per heavy atom. The normalized spacial score (nSPS) is 10.6. The third-order valence-corrected chi connectivity index (χ3v) is 3.31. The summed E-state index contributed by atoms with van der Waals surface area (Å²) < 4.78 is 0.792. The summed E-state index contributed by atoms with van der Waals surface area (Å²) in [5, 5.41) is 12.6. The summed E-state index contributed by atoms with van der Waals surface area (Å²) in [6.45, 7) is 2.03. The molecule has 0 aliphatic rings. The van der Waals surface area contributed by atoms with Gasteiger partial charge in [0, 0.05) is 17.3 Å². The van der Waals surface area contributed by atoms with Crippen molar-refractivity contribution in [1.29, 1.82) is 0 Å². The molecule has 0 radical (unpaired) electrons. The number of aryl methyl sites for hydroxylation is 1. The fourth-order valence-electron chi connectivity index (χ4n) is 1.96. The molecule has 0 aliphatic carbocycles. The van der Waals surface area contributed by atoms with Crippen molar-refractivity contribution in [1.82, 2.24) is 15.2 Å². The molecule has 0 spiro atoms. The van der Waals surface area contributed by atoms with E-state index in [9.17, 15) is 0 Å². The number of pyridine rings is 1. The van der Waals surface area contributed by atoms with E-state index in [1.807, 2.05) is 37.3 Å². The Balaban J connectivity index is 2.08. The molecule has 1 N–H and O–H groups in total. The number of benzene rings is 1.